The number of hydrogen-bond donors (Lipinski definition) is 2. The number of aliphatic carboxylic acids is 1. The Labute approximate surface area is 124 Å². The molecule has 2 N–H and O–H groups in total. The molecule has 0 aliphatic rings. The number of carbonyl (C=O) groups is 2. The number of ether oxygens (including phenoxy) is 1. The predicted octanol–water partition coefficient (Wildman–Crippen LogP) is 2.56. The number of nitrogens with zero attached hydrogens (tertiary/aromatic N) is 1. The van der Waals surface area contributed by atoms with Crippen molar-refractivity contribution in [2.75, 3.05) is 12.4 Å². The summed E-state index contributed by atoms with van der Waals surface area (Å²) >= 11 is 0. The first kappa shape index (κ1) is 16.9. The lowest BCUT2D eigenvalue weighted by atomic mass is 9.87. The molecule has 0 saturated carbocycles. The van der Waals surface area contributed by atoms with Crippen LogP contribution in [0.1, 0.15) is 44.0 Å². The molecule has 1 aromatic rings. The standard InChI is InChI=1S/C15H22N2O4/c1-15(2,3)9-11(8-13(18)19)17-12-7-10(5-6-16-12)14(20)21-4/h5-7,11H,8-9H2,1-4H3,(H,16,17)(H,18,19). The molecule has 1 unspecified atom stereocenters. The van der Waals surface area contributed by atoms with Gasteiger partial charge in [0.25, 0.3) is 0 Å². The van der Waals surface area contributed by atoms with Crippen molar-refractivity contribution < 1.29 is 19.4 Å². The van der Waals surface area contributed by atoms with E-state index in [2.05, 4.69) is 15.0 Å². The van der Waals surface area contributed by atoms with E-state index in [4.69, 9.17) is 5.11 Å². The lowest BCUT2D eigenvalue weighted by Gasteiger charge is -2.26. The molecule has 1 aromatic heterocycles. The fourth-order valence-corrected chi connectivity index (χ4v) is 2.09. The number of anilines is 1. The van der Waals surface area contributed by atoms with Gasteiger partial charge in [-0.3, -0.25) is 4.79 Å². The molecule has 0 aliphatic heterocycles. The van der Waals surface area contributed by atoms with Gasteiger partial charge in [0, 0.05) is 12.2 Å². The zero-order valence-electron chi connectivity index (χ0n) is 12.8. The molecule has 1 rings (SSSR count). The molecule has 0 radical (unpaired) electrons. The van der Waals surface area contributed by atoms with E-state index in [1.165, 1.54) is 13.3 Å². The molecule has 0 spiro atoms. The second-order valence-corrected chi connectivity index (χ2v) is 6.13. The first-order valence-electron chi connectivity index (χ1n) is 6.74. The normalized spacial score (nSPS) is 12.6. The Morgan fingerprint density at radius 3 is 2.62 bits per heavy atom. The van der Waals surface area contributed by atoms with Gasteiger partial charge in [0.15, 0.2) is 0 Å². The maximum absolute atomic E-state index is 11.5. The van der Waals surface area contributed by atoms with Crippen molar-refractivity contribution in [3.05, 3.63) is 23.9 Å². The lowest BCUT2D eigenvalue weighted by molar-refractivity contribution is -0.137. The van der Waals surface area contributed by atoms with Crippen molar-refractivity contribution in [2.24, 2.45) is 5.41 Å². The molecule has 0 amide bonds. The molecule has 116 valence electrons. The highest BCUT2D eigenvalue weighted by molar-refractivity contribution is 5.90. The first-order chi connectivity index (χ1) is 9.71. The van der Waals surface area contributed by atoms with Crippen LogP contribution in [0.4, 0.5) is 5.82 Å². The fourth-order valence-electron chi connectivity index (χ4n) is 2.09. The average molecular weight is 294 g/mol. The summed E-state index contributed by atoms with van der Waals surface area (Å²) < 4.78 is 4.65. The molecule has 6 nitrogen and oxygen atoms in total. The number of carboxylic acids is 1. The minimum absolute atomic E-state index is 0.0125. The molecule has 6 heteroatoms. The van der Waals surface area contributed by atoms with E-state index in [1.54, 1.807) is 12.1 Å². The zero-order chi connectivity index (χ0) is 16.0. The van der Waals surface area contributed by atoms with E-state index in [0.29, 0.717) is 17.8 Å². The van der Waals surface area contributed by atoms with Crippen LogP contribution >= 0.6 is 0 Å². The number of hydrogen-bond acceptors (Lipinski definition) is 5. The maximum Gasteiger partial charge on any atom is 0.338 e. The van der Waals surface area contributed by atoms with Crippen molar-refractivity contribution in [1.29, 1.82) is 0 Å². The van der Waals surface area contributed by atoms with Crippen LogP contribution in [0.5, 0.6) is 0 Å². The summed E-state index contributed by atoms with van der Waals surface area (Å²) in [4.78, 5) is 26.6. The Morgan fingerprint density at radius 2 is 2.10 bits per heavy atom. The molecular formula is C15H22N2O4. The number of nitrogens with one attached hydrogen (secondary N) is 1. The summed E-state index contributed by atoms with van der Waals surface area (Å²) in [5, 5.41) is 12.1. The van der Waals surface area contributed by atoms with E-state index >= 15 is 0 Å². The molecule has 1 heterocycles. The van der Waals surface area contributed by atoms with Crippen LogP contribution in [0.3, 0.4) is 0 Å². The number of carbonyl (C=O) groups excluding carboxylic acids is 1. The van der Waals surface area contributed by atoms with Crippen LogP contribution in [0.15, 0.2) is 18.3 Å². The lowest BCUT2D eigenvalue weighted by Crippen LogP contribution is -2.28. The van der Waals surface area contributed by atoms with Gasteiger partial charge in [-0.2, -0.15) is 0 Å². The van der Waals surface area contributed by atoms with Crippen LogP contribution in [0.25, 0.3) is 0 Å². The SMILES string of the molecule is COC(=O)c1ccnc(NC(CC(=O)O)CC(C)(C)C)c1. The van der Waals surface area contributed by atoms with Crippen LogP contribution in [0, 0.1) is 5.41 Å². The van der Waals surface area contributed by atoms with Gasteiger partial charge in [-0.1, -0.05) is 20.8 Å². The van der Waals surface area contributed by atoms with Crippen molar-refractivity contribution in [1.82, 2.24) is 4.98 Å². The summed E-state index contributed by atoms with van der Waals surface area (Å²) in [6.07, 6.45) is 2.15. The van der Waals surface area contributed by atoms with Gasteiger partial charge in [0.05, 0.1) is 19.1 Å². The van der Waals surface area contributed by atoms with E-state index in [0.717, 1.165) is 0 Å². The third kappa shape index (κ3) is 6.25. The average Bonchev–Trinajstić information content (AvgIpc) is 2.35. The second kappa shape index (κ2) is 7.06. The Balaban J connectivity index is 2.87. The monoisotopic (exact) mass is 294 g/mol. The van der Waals surface area contributed by atoms with Crippen molar-refractivity contribution in [2.45, 2.75) is 39.7 Å². The Morgan fingerprint density at radius 1 is 1.43 bits per heavy atom. The summed E-state index contributed by atoms with van der Waals surface area (Å²) in [7, 11) is 1.31. The van der Waals surface area contributed by atoms with Crippen molar-refractivity contribution >= 4 is 17.8 Å². The Kier molecular flexibility index (Phi) is 5.69. The number of esters is 1. The third-order valence-electron chi connectivity index (χ3n) is 2.81. The highest BCUT2D eigenvalue weighted by atomic mass is 16.5. The minimum Gasteiger partial charge on any atom is -0.481 e. The smallest absolute Gasteiger partial charge is 0.338 e. The second-order valence-electron chi connectivity index (χ2n) is 6.13. The summed E-state index contributed by atoms with van der Waals surface area (Å²) in [5.41, 5.74) is 0.354. The topological polar surface area (TPSA) is 88.5 Å². The zero-order valence-corrected chi connectivity index (χ0v) is 12.8. The van der Waals surface area contributed by atoms with Crippen molar-refractivity contribution in [3.63, 3.8) is 0 Å². The van der Waals surface area contributed by atoms with Crippen LogP contribution in [0.2, 0.25) is 0 Å². The number of carboxylic acid groups (broad SMARTS) is 1. The summed E-state index contributed by atoms with van der Waals surface area (Å²) in [6.45, 7) is 6.13. The third-order valence-corrected chi connectivity index (χ3v) is 2.81. The quantitative estimate of drug-likeness (QED) is 0.784. The molecule has 0 saturated heterocycles. The predicted molar refractivity (Wildman–Crippen MR) is 79.3 cm³/mol. The van der Waals surface area contributed by atoms with E-state index in [1.807, 2.05) is 20.8 Å². The first-order valence-corrected chi connectivity index (χ1v) is 6.74. The van der Waals surface area contributed by atoms with E-state index < -0.39 is 11.9 Å². The summed E-state index contributed by atoms with van der Waals surface area (Å²) in [6, 6.07) is 2.85. The highest BCUT2D eigenvalue weighted by Gasteiger charge is 2.21. The molecular weight excluding hydrogens is 272 g/mol. The Bertz CT molecular complexity index is 509. The molecule has 0 aromatic carbocycles. The number of aromatic nitrogens is 1. The maximum atomic E-state index is 11.5. The van der Waals surface area contributed by atoms with Gasteiger partial charge < -0.3 is 15.2 Å². The van der Waals surface area contributed by atoms with Gasteiger partial charge in [-0.25, -0.2) is 9.78 Å². The van der Waals surface area contributed by atoms with Crippen LogP contribution < -0.4 is 5.32 Å². The fraction of sp³-hybridized carbons (Fsp3) is 0.533. The summed E-state index contributed by atoms with van der Waals surface area (Å²) in [5.74, 6) is -0.861. The Hall–Kier alpha value is -2.11. The van der Waals surface area contributed by atoms with Gasteiger partial charge >= 0.3 is 11.9 Å². The van der Waals surface area contributed by atoms with Crippen LogP contribution in [-0.4, -0.2) is 35.2 Å². The van der Waals surface area contributed by atoms with Gasteiger partial charge in [-0.05, 0) is 24.0 Å². The van der Waals surface area contributed by atoms with E-state index in [-0.39, 0.29) is 17.9 Å². The largest absolute Gasteiger partial charge is 0.481 e. The number of methoxy groups -OCH3 is 1. The molecule has 0 bridgehead atoms. The van der Waals surface area contributed by atoms with E-state index in [9.17, 15) is 9.59 Å². The van der Waals surface area contributed by atoms with Gasteiger partial charge in [0.2, 0.25) is 0 Å². The molecule has 21 heavy (non-hydrogen) atoms. The molecule has 1 atom stereocenters. The highest BCUT2D eigenvalue weighted by Crippen LogP contribution is 2.24. The molecule has 0 fully saturated rings. The minimum atomic E-state index is -0.874. The van der Waals surface area contributed by atoms with Gasteiger partial charge in [0.1, 0.15) is 5.82 Å². The van der Waals surface area contributed by atoms with Gasteiger partial charge in [-0.15, -0.1) is 0 Å². The molecule has 0 aliphatic carbocycles. The number of rotatable bonds is 6. The van der Waals surface area contributed by atoms with Crippen molar-refractivity contribution in [3.8, 4) is 0 Å². The number of pyridine rings is 1. The van der Waals surface area contributed by atoms with Crippen LogP contribution in [-0.2, 0) is 9.53 Å².